The first-order chi connectivity index (χ1) is 10.2. The van der Waals surface area contributed by atoms with Crippen LogP contribution in [0.5, 0.6) is 0 Å². The Morgan fingerprint density at radius 3 is 2.71 bits per heavy atom. The van der Waals surface area contributed by atoms with E-state index in [1.165, 1.54) is 17.0 Å². The number of aliphatic hydroxyl groups excluding tert-OH is 1. The van der Waals surface area contributed by atoms with Crippen molar-refractivity contribution in [1.29, 1.82) is 0 Å². The summed E-state index contributed by atoms with van der Waals surface area (Å²) in [4.78, 5) is 3.41. The Morgan fingerprint density at radius 1 is 1.29 bits per heavy atom. The Kier molecular flexibility index (Phi) is 5.79. The Bertz CT molecular complexity index is 624. The van der Waals surface area contributed by atoms with Gasteiger partial charge in [0.05, 0.1) is 13.2 Å². The number of hydrogen-bond donors (Lipinski definition) is 1. The van der Waals surface area contributed by atoms with Crippen LogP contribution in [-0.4, -0.2) is 18.3 Å². The molecule has 0 saturated carbocycles. The van der Waals surface area contributed by atoms with E-state index in [1.807, 2.05) is 5.38 Å². The van der Waals surface area contributed by atoms with Crippen molar-refractivity contribution >= 4 is 17.0 Å². The van der Waals surface area contributed by atoms with Gasteiger partial charge in [-0.2, -0.15) is 0 Å². The molecule has 0 fully saturated rings. The third-order valence-electron chi connectivity index (χ3n) is 3.04. The quantitative estimate of drug-likeness (QED) is 0.852. The van der Waals surface area contributed by atoms with Gasteiger partial charge in [-0.3, -0.25) is 0 Å². The van der Waals surface area contributed by atoms with Crippen LogP contribution in [0.3, 0.4) is 0 Å². The molecule has 0 atom stereocenters. The second kappa shape index (κ2) is 7.82. The summed E-state index contributed by atoms with van der Waals surface area (Å²) in [7, 11) is 0. The summed E-state index contributed by atoms with van der Waals surface area (Å²) in [5.41, 5.74) is 2.00. The number of nitrogens with zero attached hydrogens (tertiary/aromatic N) is 1. The predicted octanol–water partition coefficient (Wildman–Crippen LogP) is 3.65. The molecule has 2 rings (SSSR count). The van der Waals surface area contributed by atoms with Gasteiger partial charge in [0.15, 0.2) is 0 Å². The van der Waals surface area contributed by atoms with Gasteiger partial charge in [-0.1, -0.05) is 11.8 Å². The van der Waals surface area contributed by atoms with E-state index in [0.717, 1.165) is 24.3 Å². The van der Waals surface area contributed by atoms with E-state index in [2.05, 4.69) is 29.7 Å². The van der Waals surface area contributed by atoms with Crippen LogP contribution in [0.15, 0.2) is 35.7 Å². The Morgan fingerprint density at radius 2 is 2.05 bits per heavy atom. The van der Waals surface area contributed by atoms with Gasteiger partial charge < -0.3 is 10.0 Å². The number of benzene rings is 1. The maximum absolute atomic E-state index is 13.0. The molecule has 0 aliphatic heterocycles. The summed E-state index contributed by atoms with van der Waals surface area (Å²) in [5.74, 6) is 5.74. The summed E-state index contributed by atoms with van der Waals surface area (Å²) in [6, 6.07) is 8.64. The fourth-order valence-corrected chi connectivity index (χ4v) is 2.81. The number of halogens is 1. The SMILES string of the molecule is CCN(Cc1cc(C#CCCO)cs1)c1ccc(F)cc1. The minimum Gasteiger partial charge on any atom is -0.395 e. The van der Waals surface area contributed by atoms with Gasteiger partial charge in [-0.25, -0.2) is 4.39 Å². The summed E-state index contributed by atoms with van der Waals surface area (Å²) < 4.78 is 13.0. The molecule has 21 heavy (non-hydrogen) atoms. The van der Waals surface area contributed by atoms with E-state index in [-0.39, 0.29) is 12.4 Å². The van der Waals surface area contributed by atoms with Gasteiger partial charge in [0.2, 0.25) is 0 Å². The van der Waals surface area contributed by atoms with Crippen LogP contribution in [0.25, 0.3) is 0 Å². The molecule has 0 spiro atoms. The Labute approximate surface area is 128 Å². The third-order valence-corrected chi connectivity index (χ3v) is 3.96. The maximum Gasteiger partial charge on any atom is 0.123 e. The molecule has 1 aromatic carbocycles. The second-order valence-electron chi connectivity index (χ2n) is 4.57. The molecule has 2 aromatic rings. The van der Waals surface area contributed by atoms with Crippen molar-refractivity contribution in [2.75, 3.05) is 18.1 Å². The van der Waals surface area contributed by atoms with Gasteiger partial charge in [0.25, 0.3) is 0 Å². The van der Waals surface area contributed by atoms with Crippen LogP contribution >= 0.6 is 11.3 Å². The fourth-order valence-electron chi connectivity index (χ4n) is 1.98. The zero-order valence-electron chi connectivity index (χ0n) is 12.0. The topological polar surface area (TPSA) is 23.5 Å². The number of anilines is 1. The number of thiophene rings is 1. The van der Waals surface area contributed by atoms with E-state index < -0.39 is 0 Å². The lowest BCUT2D eigenvalue weighted by atomic mass is 10.2. The molecule has 0 bridgehead atoms. The molecule has 0 aliphatic rings. The van der Waals surface area contributed by atoms with Crippen molar-refractivity contribution in [3.63, 3.8) is 0 Å². The van der Waals surface area contributed by atoms with Crippen LogP contribution in [0.2, 0.25) is 0 Å². The molecule has 0 amide bonds. The van der Waals surface area contributed by atoms with E-state index in [9.17, 15) is 4.39 Å². The van der Waals surface area contributed by atoms with Crippen molar-refractivity contribution in [1.82, 2.24) is 0 Å². The van der Waals surface area contributed by atoms with Crippen LogP contribution in [0.1, 0.15) is 23.8 Å². The first kappa shape index (κ1) is 15.6. The van der Waals surface area contributed by atoms with E-state index in [0.29, 0.717) is 6.42 Å². The smallest absolute Gasteiger partial charge is 0.123 e. The Balaban J connectivity index is 2.05. The van der Waals surface area contributed by atoms with Crippen LogP contribution in [0.4, 0.5) is 10.1 Å². The van der Waals surface area contributed by atoms with Crippen molar-refractivity contribution in [2.24, 2.45) is 0 Å². The number of rotatable bonds is 5. The molecule has 0 aliphatic carbocycles. The average Bonchev–Trinajstić information content (AvgIpc) is 2.94. The van der Waals surface area contributed by atoms with E-state index in [4.69, 9.17) is 5.11 Å². The van der Waals surface area contributed by atoms with Gasteiger partial charge in [0.1, 0.15) is 5.82 Å². The highest BCUT2D eigenvalue weighted by Crippen LogP contribution is 2.21. The van der Waals surface area contributed by atoms with Crippen LogP contribution < -0.4 is 4.90 Å². The Hall–Kier alpha value is -1.83. The lowest BCUT2D eigenvalue weighted by Gasteiger charge is -2.22. The lowest BCUT2D eigenvalue weighted by molar-refractivity contribution is 0.305. The zero-order chi connectivity index (χ0) is 15.1. The monoisotopic (exact) mass is 303 g/mol. The minimum absolute atomic E-state index is 0.0954. The lowest BCUT2D eigenvalue weighted by Crippen LogP contribution is -2.21. The molecule has 1 aromatic heterocycles. The normalized spacial score (nSPS) is 10.0. The van der Waals surface area contributed by atoms with Crippen molar-refractivity contribution < 1.29 is 9.50 Å². The second-order valence-corrected chi connectivity index (χ2v) is 5.56. The molecular formula is C17H18FNOS. The molecule has 4 heteroatoms. The van der Waals surface area contributed by atoms with Crippen molar-refractivity contribution in [2.45, 2.75) is 19.9 Å². The summed E-state index contributed by atoms with van der Waals surface area (Å²) in [5, 5.41) is 10.7. The number of aliphatic hydroxyl groups is 1. The first-order valence-corrected chi connectivity index (χ1v) is 7.78. The third kappa shape index (κ3) is 4.59. The molecule has 1 heterocycles. The molecular weight excluding hydrogens is 285 g/mol. The minimum atomic E-state index is -0.215. The van der Waals surface area contributed by atoms with Gasteiger partial charge in [-0.15, -0.1) is 11.3 Å². The van der Waals surface area contributed by atoms with Crippen LogP contribution in [0, 0.1) is 17.7 Å². The van der Waals surface area contributed by atoms with E-state index >= 15 is 0 Å². The number of hydrogen-bond acceptors (Lipinski definition) is 3. The van der Waals surface area contributed by atoms with Gasteiger partial charge in [-0.05, 0) is 37.3 Å². The average molecular weight is 303 g/mol. The molecule has 110 valence electrons. The highest BCUT2D eigenvalue weighted by Gasteiger charge is 2.07. The van der Waals surface area contributed by atoms with Crippen molar-refractivity contribution in [3.05, 3.63) is 52.0 Å². The molecule has 0 saturated heterocycles. The standard InChI is InChI=1S/C17H18FNOS/c1-2-19(16-8-6-15(18)7-9-16)12-17-11-14(13-21-17)5-3-4-10-20/h6-9,11,13,20H,2,4,10,12H2,1H3. The molecule has 0 unspecified atom stereocenters. The van der Waals surface area contributed by atoms with Crippen LogP contribution in [-0.2, 0) is 6.54 Å². The highest BCUT2D eigenvalue weighted by atomic mass is 32.1. The van der Waals surface area contributed by atoms with Gasteiger partial charge >= 0.3 is 0 Å². The molecule has 1 N–H and O–H groups in total. The fraction of sp³-hybridized carbons (Fsp3) is 0.294. The maximum atomic E-state index is 13.0. The summed E-state index contributed by atoms with van der Waals surface area (Å²) in [6.07, 6.45) is 0.502. The highest BCUT2D eigenvalue weighted by molar-refractivity contribution is 7.10. The summed E-state index contributed by atoms with van der Waals surface area (Å²) in [6.45, 7) is 3.82. The molecule has 2 nitrogen and oxygen atoms in total. The largest absolute Gasteiger partial charge is 0.395 e. The van der Waals surface area contributed by atoms with Crippen molar-refractivity contribution in [3.8, 4) is 11.8 Å². The zero-order valence-corrected chi connectivity index (χ0v) is 12.8. The summed E-state index contributed by atoms with van der Waals surface area (Å²) >= 11 is 1.67. The van der Waals surface area contributed by atoms with Gasteiger partial charge in [0, 0.05) is 34.5 Å². The molecule has 0 radical (unpaired) electrons. The first-order valence-electron chi connectivity index (χ1n) is 6.90. The van der Waals surface area contributed by atoms with E-state index in [1.54, 1.807) is 23.5 Å². The predicted molar refractivity (Wildman–Crippen MR) is 86.0 cm³/mol.